The summed E-state index contributed by atoms with van der Waals surface area (Å²) in [6.07, 6.45) is 3.59. The molecule has 90 valence electrons. The molecule has 3 rings (SSSR count). The minimum atomic E-state index is -0.117. The van der Waals surface area contributed by atoms with Crippen LogP contribution in [-0.2, 0) is 6.54 Å². The van der Waals surface area contributed by atoms with Gasteiger partial charge < -0.3 is 10.3 Å². The van der Waals surface area contributed by atoms with Crippen LogP contribution in [0, 0.1) is 0 Å². The quantitative estimate of drug-likeness (QED) is 0.711. The van der Waals surface area contributed by atoms with Crippen LogP contribution in [0.2, 0.25) is 0 Å². The summed E-state index contributed by atoms with van der Waals surface area (Å²) in [7, 11) is 0. The van der Waals surface area contributed by atoms with Crippen molar-refractivity contribution in [2.45, 2.75) is 6.54 Å². The molecule has 1 aromatic carbocycles. The fourth-order valence-corrected chi connectivity index (χ4v) is 1.98. The molecule has 0 aliphatic heterocycles. The summed E-state index contributed by atoms with van der Waals surface area (Å²) in [5.74, 6) is 0. The van der Waals surface area contributed by atoms with Gasteiger partial charge in [-0.3, -0.25) is 4.57 Å². The second kappa shape index (κ2) is 4.41. The van der Waals surface area contributed by atoms with Crippen LogP contribution < -0.4 is 5.32 Å². The number of hydrogen-bond donors (Lipinski definition) is 2. The Morgan fingerprint density at radius 1 is 1.22 bits per heavy atom. The van der Waals surface area contributed by atoms with Crippen LogP contribution in [0.3, 0.4) is 0 Å². The van der Waals surface area contributed by atoms with Crippen molar-refractivity contribution >= 4 is 17.1 Å². The number of H-pyrrole nitrogens is 1. The van der Waals surface area contributed by atoms with E-state index in [9.17, 15) is 4.79 Å². The molecular weight excluding hydrogens is 226 g/mol. The summed E-state index contributed by atoms with van der Waals surface area (Å²) < 4.78 is 1.61. The number of carbonyl (C=O) groups excluding carboxylic acids is 1. The third-order valence-corrected chi connectivity index (χ3v) is 2.91. The lowest BCUT2D eigenvalue weighted by atomic mass is 10.2. The summed E-state index contributed by atoms with van der Waals surface area (Å²) in [6.45, 7) is 0.532. The Bertz CT molecular complexity index is 672. The van der Waals surface area contributed by atoms with Crippen molar-refractivity contribution in [3.8, 4) is 0 Å². The Balaban J connectivity index is 0.00000133. The molecule has 0 spiro atoms. The van der Waals surface area contributed by atoms with E-state index >= 15 is 0 Å². The van der Waals surface area contributed by atoms with Gasteiger partial charge in [-0.15, -0.1) is 0 Å². The predicted octanol–water partition coefficient (Wildman–Crippen LogP) is 2.84. The Labute approximate surface area is 106 Å². The van der Waals surface area contributed by atoms with Gasteiger partial charge in [0.2, 0.25) is 0 Å². The molecule has 2 N–H and O–H groups in total. The van der Waals surface area contributed by atoms with Crippen LogP contribution in [0.4, 0.5) is 4.79 Å². The molecule has 0 atom stereocenters. The number of aromatic amines is 1. The van der Waals surface area contributed by atoms with Crippen LogP contribution in [-0.4, -0.2) is 15.6 Å². The number of fused-ring (bicyclic) bond motifs is 1. The second-order valence-electron chi connectivity index (χ2n) is 4.11. The van der Waals surface area contributed by atoms with Gasteiger partial charge in [0.05, 0.1) is 11.0 Å². The SMILES string of the molecule is O=C(NCc1ccccc1)n1ccc2[nH]ccc21.[H+]. The maximum Gasteiger partial charge on any atom is 1.00 e. The molecule has 0 saturated carbocycles. The van der Waals surface area contributed by atoms with Crippen molar-refractivity contribution in [3.05, 3.63) is 60.4 Å². The molecule has 18 heavy (non-hydrogen) atoms. The first-order valence-electron chi connectivity index (χ1n) is 5.81. The maximum absolute atomic E-state index is 12.0. The summed E-state index contributed by atoms with van der Waals surface area (Å²) >= 11 is 0. The topological polar surface area (TPSA) is 49.8 Å². The Morgan fingerprint density at radius 2 is 2.06 bits per heavy atom. The van der Waals surface area contributed by atoms with Crippen molar-refractivity contribution in [1.82, 2.24) is 14.9 Å². The van der Waals surface area contributed by atoms with Gasteiger partial charge >= 0.3 is 7.46 Å². The third kappa shape index (κ3) is 1.88. The molecular formula is C14H14N3O+. The number of amides is 1. The summed E-state index contributed by atoms with van der Waals surface area (Å²) in [5.41, 5.74) is 2.94. The fourth-order valence-electron chi connectivity index (χ4n) is 1.98. The number of nitrogens with one attached hydrogen (secondary N) is 2. The van der Waals surface area contributed by atoms with Gasteiger partial charge in [-0.25, -0.2) is 4.79 Å². The van der Waals surface area contributed by atoms with E-state index in [-0.39, 0.29) is 7.46 Å². The molecule has 0 radical (unpaired) electrons. The van der Waals surface area contributed by atoms with Crippen molar-refractivity contribution in [3.63, 3.8) is 0 Å². The van der Waals surface area contributed by atoms with Gasteiger partial charge in [0.15, 0.2) is 0 Å². The highest BCUT2D eigenvalue weighted by Crippen LogP contribution is 2.12. The van der Waals surface area contributed by atoms with E-state index in [4.69, 9.17) is 0 Å². The van der Waals surface area contributed by atoms with Crippen molar-refractivity contribution in [1.29, 1.82) is 0 Å². The van der Waals surface area contributed by atoms with Crippen molar-refractivity contribution in [2.75, 3.05) is 0 Å². The molecule has 2 heterocycles. The van der Waals surface area contributed by atoms with E-state index in [0.29, 0.717) is 6.54 Å². The molecule has 0 aliphatic rings. The first-order valence-corrected chi connectivity index (χ1v) is 5.81. The van der Waals surface area contributed by atoms with Crippen LogP contribution in [0.25, 0.3) is 11.0 Å². The maximum atomic E-state index is 12.0. The highest BCUT2D eigenvalue weighted by molar-refractivity contribution is 5.90. The molecule has 3 aromatic rings. The van der Waals surface area contributed by atoms with Crippen molar-refractivity contribution < 1.29 is 6.22 Å². The standard InChI is InChI=1S/C14H13N3O/c18-14(16-10-11-4-2-1-3-5-11)17-9-7-12-13(17)6-8-15-12/h1-9,15H,10H2,(H,16,18)/p+1. The first kappa shape index (κ1) is 10.7. The third-order valence-electron chi connectivity index (χ3n) is 2.91. The van der Waals surface area contributed by atoms with Crippen LogP contribution in [0.1, 0.15) is 6.99 Å². The zero-order chi connectivity index (χ0) is 12.4. The Kier molecular flexibility index (Phi) is 2.61. The molecule has 4 heteroatoms. The van der Waals surface area contributed by atoms with Crippen LogP contribution >= 0.6 is 0 Å². The predicted molar refractivity (Wildman–Crippen MR) is 71.5 cm³/mol. The van der Waals surface area contributed by atoms with Gasteiger partial charge in [-0.2, -0.15) is 0 Å². The second-order valence-corrected chi connectivity index (χ2v) is 4.11. The minimum Gasteiger partial charge on any atom is -0.360 e. The molecule has 2 aromatic heterocycles. The van der Waals surface area contributed by atoms with E-state index in [1.54, 1.807) is 10.8 Å². The molecule has 0 fully saturated rings. The summed E-state index contributed by atoms with van der Waals surface area (Å²) in [6, 6.07) is 13.5. The van der Waals surface area contributed by atoms with Crippen molar-refractivity contribution in [2.24, 2.45) is 0 Å². The molecule has 0 saturated heterocycles. The van der Waals surface area contributed by atoms with Crippen LogP contribution in [0.5, 0.6) is 0 Å². The number of rotatable bonds is 2. The highest BCUT2D eigenvalue weighted by Gasteiger charge is 2.08. The smallest absolute Gasteiger partial charge is 0.360 e. The Morgan fingerprint density at radius 3 is 2.89 bits per heavy atom. The van der Waals surface area contributed by atoms with Gasteiger partial charge in [0.25, 0.3) is 0 Å². The lowest BCUT2D eigenvalue weighted by Gasteiger charge is -2.06. The molecule has 4 nitrogen and oxygen atoms in total. The van der Waals surface area contributed by atoms with Crippen LogP contribution in [0.15, 0.2) is 54.9 Å². The molecule has 1 amide bonds. The average Bonchev–Trinajstić information content (AvgIpc) is 2.99. The van der Waals surface area contributed by atoms with Gasteiger partial charge in [0.1, 0.15) is 0 Å². The number of benzene rings is 1. The number of hydrogen-bond acceptors (Lipinski definition) is 1. The minimum absolute atomic E-state index is 0. The molecule has 0 aliphatic carbocycles. The first-order chi connectivity index (χ1) is 8.84. The summed E-state index contributed by atoms with van der Waals surface area (Å²) in [4.78, 5) is 15.1. The van der Waals surface area contributed by atoms with Gasteiger partial charge in [-0.05, 0) is 17.7 Å². The van der Waals surface area contributed by atoms with E-state index in [0.717, 1.165) is 16.6 Å². The molecule has 0 bridgehead atoms. The lowest BCUT2D eigenvalue weighted by molar-refractivity contribution is 0.243. The lowest BCUT2D eigenvalue weighted by Crippen LogP contribution is -2.27. The van der Waals surface area contributed by atoms with E-state index in [1.165, 1.54) is 0 Å². The number of carbonyl (C=O) groups is 1. The largest absolute Gasteiger partial charge is 1.00 e. The van der Waals surface area contributed by atoms with E-state index in [2.05, 4.69) is 10.3 Å². The van der Waals surface area contributed by atoms with E-state index < -0.39 is 0 Å². The molecule has 0 unspecified atom stereocenters. The van der Waals surface area contributed by atoms with Gasteiger partial charge in [0, 0.05) is 18.9 Å². The number of nitrogens with zero attached hydrogens (tertiary/aromatic N) is 1. The number of aromatic nitrogens is 2. The van der Waals surface area contributed by atoms with E-state index in [1.807, 2.05) is 48.7 Å². The average molecular weight is 240 g/mol. The van der Waals surface area contributed by atoms with Gasteiger partial charge in [-0.1, -0.05) is 30.3 Å². The fraction of sp³-hybridized carbons (Fsp3) is 0.0714. The highest BCUT2D eigenvalue weighted by atomic mass is 16.2. The zero-order valence-electron chi connectivity index (χ0n) is 10.8. The Hall–Kier alpha value is -2.49. The monoisotopic (exact) mass is 240 g/mol. The summed E-state index contributed by atoms with van der Waals surface area (Å²) in [5, 5.41) is 2.89. The zero-order valence-corrected chi connectivity index (χ0v) is 9.76. The normalized spacial score (nSPS) is 10.7.